The Morgan fingerprint density at radius 2 is 0.743 bits per heavy atom. The Morgan fingerprint density at radius 3 is 1.33 bits per heavy atom. The molecule has 1 aromatic heterocycles. The molecule has 0 saturated heterocycles. The Kier molecular flexibility index (Phi) is 9.38. The summed E-state index contributed by atoms with van der Waals surface area (Å²) in [6.07, 6.45) is 9.09. The minimum Gasteiger partial charge on any atom is -0.310 e. The highest BCUT2D eigenvalue weighted by Crippen LogP contribution is 2.55. The van der Waals surface area contributed by atoms with Gasteiger partial charge in [0, 0.05) is 33.5 Å². The van der Waals surface area contributed by atoms with Gasteiger partial charge in [0.1, 0.15) is 0 Å². The zero-order valence-corrected chi connectivity index (χ0v) is 38.6. The van der Waals surface area contributed by atoms with Crippen molar-refractivity contribution < 1.29 is 0 Å². The van der Waals surface area contributed by atoms with E-state index in [0.717, 1.165) is 29.9 Å². The molecule has 0 aliphatic heterocycles. The number of nitrogens with zero attached hydrogens (tertiary/aromatic N) is 2. The summed E-state index contributed by atoms with van der Waals surface area (Å²) < 4.78 is 2.43. The second-order valence-corrected chi connectivity index (χ2v) is 18.7. The van der Waals surface area contributed by atoms with Crippen molar-refractivity contribution in [1.29, 1.82) is 0 Å². The summed E-state index contributed by atoms with van der Waals surface area (Å²) in [7, 11) is 0. The van der Waals surface area contributed by atoms with Crippen LogP contribution in [0, 0.1) is 0 Å². The van der Waals surface area contributed by atoms with Gasteiger partial charge in [0.05, 0.1) is 11.0 Å². The van der Waals surface area contributed by atoms with Crippen LogP contribution in [-0.2, 0) is 0 Å². The first-order chi connectivity index (χ1) is 34.7. The molecule has 0 unspecified atom stereocenters. The van der Waals surface area contributed by atoms with E-state index < -0.39 is 0 Å². The molecule has 10 aromatic carbocycles. The Balaban J connectivity index is 0.899. The fourth-order valence-corrected chi connectivity index (χ4v) is 11.5. The maximum absolute atomic E-state index is 2.44. The Bertz CT molecular complexity index is 3910. The van der Waals surface area contributed by atoms with Crippen molar-refractivity contribution >= 4 is 55.7 Å². The van der Waals surface area contributed by atoms with Crippen LogP contribution < -0.4 is 4.90 Å². The maximum atomic E-state index is 2.44. The molecule has 0 N–H and O–H groups in total. The van der Waals surface area contributed by atoms with Gasteiger partial charge >= 0.3 is 0 Å². The lowest BCUT2D eigenvalue weighted by atomic mass is 9.91. The average molecular weight is 891 g/mol. The van der Waals surface area contributed by atoms with Crippen LogP contribution in [0.15, 0.2) is 255 Å². The molecule has 0 atom stereocenters. The largest absolute Gasteiger partial charge is 0.310 e. The Hall–Kier alpha value is -8.98. The summed E-state index contributed by atoms with van der Waals surface area (Å²) in [4.78, 5) is 2.43. The molecule has 0 spiro atoms. The molecule has 70 heavy (non-hydrogen) atoms. The number of anilines is 3. The van der Waals surface area contributed by atoms with Crippen LogP contribution in [0.1, 0.15) is 35.1 Å². The molecule has 0 bridgehead atoms. The van der Waals surface area contributed by atoms with Gasteiger partial charge < -0.3 is 9.47 Å². The van der Waals surface area contributed by atoms with E-state index in [2.05, 4.69) is 264 Å². The quantitative estimate of drug-likeness (QED) is 0.155. The third kappa shape index (κ3) is 6.49. The molecule has 2 heteroatoms. The van der Waals surface area contributed by atoms with Crippen molar-refractivity contribution in [2.45, 2.75) is 12.8 Å². The van der Waals surface area contributed by atoms with E-state index in [1.165, 1.54) is 117 Å². The smallest absolute Gasteiger partial charge is 0.0541 e. The fourth-order valence-electron chi connectivity index (χ4n) is 11.5. The zero-order valence-electron chi connectivity index (χ0n) is 38.6. The van der Waals surface area contributed by atoms with Gasteiger partial charge in [-0.05, 0) is 163 Å². The number of hydrogen-bond acceptors (Lipinski definition) is 1. The highest BCUT2D eigenvalue weighted by Gasteiger charge is 2.33. The first-order valence-corrected chi connectivity index (χ1v) is 24.5. The normalized spacial score (nSPS) is 13.3. The molecule has 0 saturated carbocycles. The molecule has 328 valence electrons. The van der Waals surface area contributed by atoms with E-state index in [1.807, 2.05) is 0 Å². The van der Waals surface area contributed by atoms with Crippen molar-refractivity contribution in [2.24, 2.45) is 0 Å². The van der Waals surface area contributed by atoms with E-state index >= 15 is 0 Å². The van der Waals surface area contributed by atoms with Crippen LogP contribution >= 0.6 is 0 Å². The Morgan fingerprint density at radius 1 is 0.300 bits per heavy atom. The predicted molar refractivity (Wildman–Crippen MR) is 295 cm³/mol. The summed E-state index contributed by atoms with van der Waals surface area (Å²) in [6, 6.07) is 87.4. The number of allylic oxidation sites excluding steroid dienone is 4. The summed E-state index contributed by atoms with van der Waals surface area (Å²) in [6.45, 7) is 0. The lowest BCUT2D eigenvalue weighted by Crippen LogP contribution is -2.10. The molecule has 14 rings (SSSR count). The third-order valence-electron chi connectivity index (χ3n) is 14.8. The predicted octanol–water partition coefficient (Wildman–Crippen LogP) is 18.4. The van der Waals surface area contributed by atoms with Gasteiger partial charge in [-0.25, -0.2) is 0 Å². The monoisotopic (exact) mass is 890 g/mol. The molecule has 3 aliphatic carbocycles. The van der Waals surface area contributed by atoms with Crippen molar-refractivity contribution in [2.75, 3.05) is 4.90 Å². The molecule has 11 aromatic rings. The molecule has 2 nitrogen and oxygen atoms in total. The van der Waals surface area contributed by atoms with Gasteiger partial charge in [0.25, 0.3) is 0 Å². The number of rotatable bonds is 7. The highest BCUT2D eigenvalue weighted by molar-refractivity contribution is 6.19. The highest BCUT2D eigenvalue weighted by atomic mass is 15.1. The number of para-hydroxylation sites is 1. The Labute approximate surface area is 408 Å². The van der Waals surface area contributed by atoms with E-state index in [4.69, 9.17) is 0 Å². The number of fused-ring (bicyclic) bond motifs is 9. The molecule has 0 amide bonds. The molecule has 0 radical (unpaired) electrons. The van der Waals surface area contributed by atoms with Crippen molar-refractivity contribution in [3.8, 4) is 55.6 Å². The number of aromatic nitrogens is 1. The molecule has 3 aliphatic rings. The fraction of sp³-hybridized carbons (Fsp3) is 0.0294. The second-order valence-electron chi connectivity index (χ2n) is 18.7. The van der Waals surface area contributed by atoms with Crippen LogP contribution in [0.3, 0.4) is 0 Å². The van der Waals surface area contributed by atoms with Crippen LogP contribution in [-0.4, -0.2) is 4.57 Å². The number of benzene rings is 10. The summed E-state index contributed by atoms with van der Waals surface area (Å²) >= 11 is 0. The summed E-state index contributed by atoms with van der Waals surface area (Å²) in [5, 5.41) is 2.54. The maximum Gasteiger partial charge on any atom is 0.0541 e. The van der Waals surface area contributed by atoms with E-state index in [0.29, 0.717) is 0 Å². The minimum absolute atomic E-state index is 1.06. The molecule has 0 fully saturated rings. The van der Waals surface area contributed by atoms with Gasteiger partial charge in [-0.1, -0.05) is 194 Å². The lowest BCUT2D eigenvalue weighted by Gasteiger charge is -2.27. The first kappa shape index (κ1) is 40.1. The van der Waals surface area contributed by atoms with Crippen LogP contribution in [0.2, 0.25) is 0 Å². The second kappa shape index (κ2) is 16.4. The van der Waals surface area contributed by atoms with Crippen molar-refractivity contribution in [1.82, 2.24) is 4.57 Å². The topological polar surface area (TPSA) is 8.17 Å². The van der Waals surface area contributed by atoms with Crippen molar-refractivity contribution in [3.05, 3.63) is 277 Å². The van der Waals surface area contributed by atoms with E-state index in [9.17, 15) is 0 Å². The van der Waals surface area contributed by atoms with Gasteiger partial charge in [-0.15, -0.1) is 0 Å². The standard InChI is InChI=1S/C68H46N2/c1-3-15-45(16-4-1)46-27-29-47(30-28-46)48-31-36-52(37-32-48)69(53-38-33-49(34-39-53)50-35-42-66-63(43-50)59-22-13-14-26-65(59)70(66)51-17-5-2-6-18-51)54-40-41-58-57-21-9-12-25-62(57)68(64(58)44-54)67-60-23-10-7-19-55(60)56-20-8-11-24-61(56)67/h1,3-5,7-44H,2,6H2. The van der Waals surface area contributed by atoms with E-state index in [1.54, 1.807) is 0 Å². The molecule has 1 heterocycles. The van der Waals surface area contributed by atoms with E-state index in [-0.39, 0.29) is 0 Å². The van der Waals surface area contributed by atoms with Crippen LogP contribution in [0.5, 0.6) is 0 Å². The summed E-state index contributed by atoms with van der Waals surface area (Å²) in [5.41, 5.74) is 27.1. The molecular weight excluding hydrogens is 845 g/mol. The lowest BCUT2D eigenvalue weighted by molar-refractivity contribution is 1.02. The van der Waals surface area contributed by atoms with Gasteiger partial charge in [0.2, 0.25) is 0 Å². The van der Waals surface area contributed by atoms with Gasteiger partial charge in [-0.2, -0.15) is 0 Å². The molecular formula is C68H46N2. The van der Waals surface area contributed by atoms with Crippen molar-refractivity contribution in [3.63, 3.8) is 0 Å². The average Bonchev–Trinajstić information content (AvgIpc) is 4.07. The number of hydrogen-bond donors (Lipinski definition) is 0. The van der Waals surface area contributed by atoms with Gasteiger partial charge in [0.15, 0.2) is 0 Å². The zero-order chi connectivity index (χ0) is 46.1. The SMILES string of the molecule is C1=CC(n2c3ccccc3c3cc(-c4ccc(N(c5ccc(-c6ccc(-c7ccccc7)cc6)cc5)c5ccc6c(c5)C(=C5c7ccccc7-c7ccccc75)c5ccccc5-6)cc4)ccc32)=CCC1. The van der Waals surface area contributed by atoms with Crippen LogP contribution in [0.25, 0.3) is 94.3 Å². The first-order valence-electron chi connectivity index (χ1n) is 24.5. The van der Waals surface area contributed by atoms with Gasteiger partial charge in [-0.3, -0.25) is 0 Å². The minimum atomic E-state index is 1.06. The third-order valence-corrected chi connectivity index (χ3v) is 14.8. The summed E-state index contributed by atoms with van der Waals surface area (Å²) in [5.74, 6) is 0. The van der Waals surface area contributed by atoms with Crippen LogP contribution in [0.4, 0.5) is 17.1 Å².